The third kappa shape index (κ3) is 5.13. The van der Waals surface area contributed by atoms with E-state index in [-0.39, 0.29) is 6.42 Å². The first kappa shape index (κ1) is 21.1. The number of rotatable bonds is 8. The molecule has 0 heterocycles. The van der Waals surface area contributed by atoms with Crippen LogP contribution in [0.3, 0.4) is 0 Å². The second-order valence-corrected chi connectivity index (χ2v) is 7.52. The third-order valence-corrected chi connectivity index (χ3v) is 5.22. The lowest BCUT2D eigenvalue weighted by Crippen LogP contribution is -2.42. The van der Waals surface area contributed by atoms with Crippen LogP contribution in [0.2, 0.25) is 0 Å². The lowest BCUT2D eigenvalue weighted by molar-refractivity contribution is -0.139. The van der Waals surface area contributed by atoms with E-state index in [2.05, 4.69) is 5.32 Å². The lowest BCUT2D eigenvalue weighted by Gasteiger charge is -2.16. The van der Waals surface area contributed by atoms with Crippen LogP contribution in [-0.2, 0) is 17.8 Å². The monoisotopic (exact) mass is 425 g/mol. The second kappa shape index (κ2) is 9.79. The topological polar surface area (TPSA) is 75.6 Å². The van der Waals surface area contributed by atoms with Crippen molar-refractivity contribution in [3.8, 4) is 5.75 Å². The van der Waals surface area contributed by atoms with Gasteiger partial charge in [0, 0.05) is 12.0 Å². The van der Waals surface area contributed by atoms with Gasteiger partial charge < -0.3 is 15.2 Å². The summed E-state index contributed by atoms with van der Waals surface area (Å²) < 4.78 is 5.84. The maximum atomic E-state index is 12.9. The Morgan fingerprint density at radius 2 is 1.50 bits per heavy atom. The molecule has 4 rings (SSSR count). The van der Waals surface area contributed by atoms with Gasteiger partial charge in [-0.15, -0.1) is 0 Å². The van der Waals surface area contributed by atoms with Crippen LogP contribution in [0.5, 0.6) is 5.75 Å². The molecular weight excluding hydrogens is 402 g/mol. The minimum atomic E-state index is -1.09. The number of hydrogen-bond acceptors (Lipinski definition) is 3. The molecule has 32 heavy (non-hydrogen) atoms. The van der Waals surface area contributed by atoms with Gasteiger partial charge in [0.25, 0.3) is 5.91 Å². The molecule has 0 aliphatic rings. The predicted octanol–water partition coefficient (Wildman–Crippen LogP) is 4.84. The zero-order valence-corrected chi connectivity index (χ0v) is 17.4. The molecule has 0 fully saturated rings. The van der Waals surface area contributed by atoms with Gasteiger partial charge in [0.2, 0.25) is 0 Å². The molecule has 2 N–H and O–H groups in total. The Balaban J connectivity index is 1.46. The van der Waals surface area contributed by atoms with Crippen LogP contribution >= 0.6 is 0 Å². The van der Waals surface area contributed by atoms with Crippen molar-refractivity contribution in [2.45, 2.75) is 19.1 Å². The first-order chi connectivity index (χ1) is 15.6. The molecule has 0 bridgehead atoms. The van der Waals surface area contributed by atoms with Gasteiger partial charge >= 0.3 is 5.97 Å². The summed E-state index contributed by atoms with van der Waals surface area (Å²) in [7, 11) is 0. The molecule has 4 aromatic rings. The molecule has 0 unspecified atom stereocenters. The fourth-order valence-corrected chi connectivity index (χ4v) is 3.60. The van der Waals surface area contributed by atoms with E-state index in [0.717, 1.165) is 21.9 Å². The summed E-state index contributed by atoms with van der Waals surface area (Å²) in [5.41, 5.74) is 2.26. The van der Waals surface area contributed by atoms with Gasteiger partial charge in [0.15, 0.2) is 0 Å². The number of nitrogens with one attached hydrogen (secondary N) is 1. The molecule has 0 aliphatic carbocycles. The Kier molecular flexibility index (Phi) is 6.46. The van der Waals surface area contributed by atoms with Crippen molar-refractivity contribution < 1.29 is 19.4 Å². The molecule has 160 valence electrons. The summed E-state index contributed by atoms with van der Waals surface area (Å²) in [6, 6.07) is 29.0. The molecule has 0 aromatic heterocycles. The average molecular weight is 425 g/mol. The highest BCUT2D eigenvalue weighted by atomic mass is 16.5. The fourth-order valence-electron chi connectivity index (χ4n) is 3.60. The molecule has 1 atom stereocenters. The number of benzene rings is 4. The van der Waals surface area contributed by atoms with Gasteiger partial charge in [0.1, 0.15) is 18.4 Å². The van der Waals surface area contributed by atoms with Crippen LogP contribution in [0.15, 0.2) is 97.1 Å². The van der Waals surface area contributed by atoms with Crippen molar-refractivity contribution in [2.75, 3.05) is 0 Å². The number of aliphatic carboxylic acids is 1. The zero-order valence-electron chi connectivity index (χ0n) is 17.4. The van der Waals surface area contributed by atoms with E-state index < -0.39 is 17.9 Å². The molecule has 0 saturated carbocycles. The standard InChI is InChI=1S/C27H23NO4/c29-26(24-15-7-12-21-11-4-5-14-23(21)24)28-25(27(30)31)17-20-10-6-13-22(16-20)32-18-19-8-2-1-3-9-19/h1-16,25H,17-18H2,(H,28,29)(H,30,31)/t25-/m1/s1. The first-order valence-corrected chi connectivity index (χ1v) is 10.4. The molecule has 0 aliphatic heterocycles. The molecule has 0 radical (unpaired) electrons. The Morgan fingerprint density at radius 1 is 0.812 bits per heavy atom. The van der Waals surface area contributed by atoms with E-state index in [4.69, 9.17) is 4.74 Å². The van der Waals surface area contributed by atoms with E-state index in [9.17, 15) is 14.7 Å². The normalized spacial score (nSPS) is 11.6. The minimum Gasteiger partial charge on any atom is -0.489 e. The van der Waals surface area contributed by atoms with Crippen molar-refractivity contribution in [3.05, 3.63) is 114 Å². The fraction of sp³-hybridized carbons (Fsp3) is 0.111. The van der Waals surface area contributed by atoms with E-state index in [1.165, 1.54) is 0 Å². The van der Waals surface area contributed by atoms with E-state index >= 15 is 0 Å². The molecule has 4 aromatic carbocycles. The van der Waals surface area contributed by atoms with Gasteiger partial charge in [0.05, 0.1) is 0 Å². The predicted molar refractivity (Wildman–Crippen MR) is 124 cm³/mol. The largest absolute Gasteiger partial charge is 0.489 e. The van der Waals surface area contributed by atoms with Crippen molar-refractivity contribution in [2.24, 2.45) is 0 Å². The van der Waals surface area contributed by atoms with Crippen molar-refractivity contribution >= 4 is 22.6 Å². The number of fused-ring (bicyclic) bond motifs is 1. The van der Waals surface area contributed by atoms with Crippen LogP contribution in [0, 0.1) is 0 Å². The van der Waals surface area contributed by atoms with Gasteiger partial charge in [-0.1, -0.05) is 78.9 Å². The summed E-state index contributed by atoms with van der Waals surface area (Å²) in [4.78, 5) is 24.8. The quantitative estimate of drug-likeness (QED) is 0.423. The van der Waals surface area contributed by atoms with Crippen LogP contribution in [-0.4, -0.2) is 23.0 Å². The Hall–Kier alpha value is -4.12. The Morgan fingerprint density at radius 3 is 2.31 bits per heavy atom. The number of carbonyl (C=O) groups is 2. The highest BCUT2D eigenvalue weighted by Crippen LogP contribution is 2.20. The maximum Gasteiger partial charge on any atom is 0.326 e. The number of amides is 1. The Bertz CT molecular complexity index is 1230. The summed E-state index contributed by atoms with van der Waals surface area (Å²) in [5.74, 6) is -0.851. The molecular formula is C27H23NO4. The lowest BCUT2D eigenvalue weighted by atomic mass is 10.0. The molecule has 1 amide bonds. The van der Waals surface area contributed by atoms with Gasteiger partial charge in [-0.3, -0.25) is 4.79 Å². The number of carboxylic acids is 1. The van der Waals surface area contributed by atoms with Gasteiger partial charge in [-0.05, 0) is 40.1 Å². The summed E-state index contributed by atoms with van der Waals surface area (Å²) in [6.45, 7) is 0.421. The van der Waals surface area contributed by atoms with E-state index in [0.29, 0.717) is 17.9 Å². The minimum absolute atomic E-state index is 0.147. The summed E-state index contributed by atoms with van der Waals surface area (Å²) in [5, 5.41) is 14.1. The molecule has 0 spiro atoms. The maximum absolute atomic E-state index is 12.9. The Labute approximate surface area is 186 Å². The van der Waals surface area contributed by atoms with Gasteiger partial charge in [-0.25, -0.2) is 4.79 Å². The van der Waals surface area contributed by atoms with Crippen molar-refractivity contribution in [1.82, 2.24) is 5.32 Å². The highest BCUT2D eigenvalue weighted by Gasteiger charge is 2.22. The number of ether oxygens (including phenoxy) is 1. The summed E-state index contributed by atoms with van der Waals surface area (Å²) >= 11 is 0. The summed E-state index contributed by atoms with van der Waals surface area (Å²) in [6.07, 6.45) is 0.147. The molecule has 5 heteroatoms. The second-order valence-electron chi connectivity index (χ2n) is 7.52. The zero-order chi connectivity index (χ0) is 22.3. The van der Waals surface area contributed by atoms with Crippen LogP contribution in [0.4, 0.5) is 0 Å². The van der Waals surface area contributed by atoms with Gasteiger partial charge in [-0.2, -0.15) is 0 Å². The van der Waals surface area contributed by atoms with Crippen LogP contribution in [0.1, 0.15) is 21.5 Å². The van der Waals surface area contributed by atoms with E-state index in [1.54, 1.807) is 12.1 Å². The molecule has 0 saturated heterocycles. The smallest absolute Gasteiger partial charge is 0.326 e. The highest BCUT2D eigenvalue weighted by molar-refractivity contribution is 6.07. The third-order valence-electron chi connectivity index (χ3n) is 5.22. The number of carbonyl (C=O) groups excluding carboxylic acids is 1. The number of hydrogen-bond donors (Lipinski definition) is 2. The SMILES string of the molecule is O=C(N[C@H](Cc1cccc(OCc2ccccc2)c1)C(=O)O)c1cccc2ccccc12. The van der Waals surface area contributed by atoms with Crippen LogP contribution in [0.25, 0.3) is 10.8 Å². The van der Waals surface area contributed by atoms with Crippen molar-refractivity contribution in [3.63, 3.8) is 0 Å². The van der Waals surface area contributed by atoms with Crippen molar-refractivity contribution in [1.29, 1.82) is 0 Å². The first-order valence-electron chi connectivity index (χ1n) is 10.4. The molecule has 5 nitrogen and oxygen atoms in total. The van der Waals surface area contributed by atoms with E-state index in [1.807, 2.05) is 84.9 Å². The van der Waals surface area contributed by atoms with Crippen LogP contribution < -0.4 is 10.1 Å². The average Bonchev–Trinajstić information content (AvgIpc) is 2.83. The number of carboxylic acid groups (broad SMARTS) is 1.